The summed E-state index contributed by atoms with van der Waals surface area (Å²) >= 11 is 5.73. The second-order valence-corrected chi connectivity index (χ2v) is 4.78. The van der Waals surface area contributed by atoms with E-state index in [1.54, 1.807) is 6.07 Å². The normalized spacial score (nSPS) is 38.5. The van der Waals surface area contributed by atoms with E-state index in [0.717, 1.165) is 6.42 Å². The zero-order valence-electron chi connectivity index (χ0n) is 8.16. The fourth-order valence-electron chi connectivity index (χ4n) is 2.76. The van der Waals surface area contributed by atoms with Gasteiger partial charge in [0.15, 0.2) is 0 Å². The number of aromatic nitrogens is 1. The number of pyridine rings is 1. The second-order valence-electron chi connectivity index (χ2n) is 4.39. The average molecular weight is 227 g/mol. The van der Waals surface area contributed by atoms with Gasteiger partial charge in [-0.25, -0.2) is 9.37 Å². The lowest BCUT2D eigenvalue weighted by molar-refractivity contribution is 0.266. The van der Waals surface area contributed by atoms with E-state index in [2.05, 4.69) is 10.3 Å². The van der Waals surface area contributed by atoms with Gasteiger partial charge in [0.1, 0.15) is 11.3 Å². The molecule has 1 aromatic rings. The summed E-state index contributed by atoms with van der Waals surface area (Å²) in [6.45, 7) is 0. The zero-order chi connectivity index (χ0) is 10.4. The van der Waals surface area contributed by atoms with Crippen LogP contribution >= 0.6 is 11.6 Å². The van der Waals surface area contributed by atoms with Gasteiger partial charge >= 0.3 is 0 Å². The molecule has 0 spiro atoms. The number of nitrogens with zero attached hydrogens (tertiary/aromatic N) is 1. The summed E-state index contributed by atoms with van der Waals surface area (Å²) in [5.41, 5.74) is 1.17. The fraction of sp³-hybridized carbons (Fsp3) is 0.545. The van der Waals surface area contributed by atoms with Crippen LogP contribution in [0.4, 0.5) is 4.39 Å². The van der Waals surface area contributed by atoms with Crippen molar-refractivity contribution in [2.24, 2.45) is 0 Å². The van der Waals surface area contributed by atoms with E-state index in [0.29, 0.717) is 17.5 Å². The minimum atomic E-state index is -0.661. The smallest absolute Gasteiger partial charge is 0.129 e. The Morgan fingerprint density at radius 1 is 1.33 bits per heavy atom. The van der Waals surface area contributed by atoms with Crippen molar-refractivity contribution < 1.29 is 4.39 Å². The molecule has 0 aromatic carbocycles. The molecule has 0 unspecified atom stereocenters. The average Bonchev–Trinajstić information content (AvgIpc) is 2.77. The molecule has 3 heterocycles. The number of hydrogen-bond donors (Lipinski definition) is 1. The Kier molecular flexibility index (Phi) is 2.18. The Hall–Kier alpha value is -0.670. The first kappa shape index (κ1) is 9.55. The first-order valence-corrected chi connectivity index (χ1v) is 5.63. The summed E-state index contributed by atoms with van der Waals surface area (Å²) in [6, 6.07) is 4.13. The van der Waals surface area contributed by atoms with Gasteiger partial charge in [-0.3, -0.25) is 0 Å². The molecule has 4 heteroatoms. The molecule has 2 aliphatic heterocycles. The molecule has 1 aromatic heterocycles. The molecule has 15 heavy (non-hydrogen) atoms. The fourth-order valence-corrected chi connectivity index (χ4v) is 2.88. The maximum Gasteiger partial charge on any atom is 0.129 e. The number of alkyl halides is 1. The number of halogens is 2. The van der Waals surface area contributed by atoms with Crippen molar-refractivity contribution in [1.29, 1.82) is 0 Å². The topological polar surface area (TPSA) is 24.9 Å². The summed E-state index contributed by atoms with van der Waals surface area (Å²) in [4.78, 5) is 4.07. The van der Waals surface area contributed by atoms with Crippen molar-refractivity contribution in [2.45, 2.75) is 37.0 Å². The van der Waals surface area contributed by atoms with E-state index in [4.69, 9.17) is 11.6 Å². The van der Waals surface area contributed by atoms with Crippen LogP contribution < -0.4 is 5.32 Å². The molecular formula is C11H12ClFN2. The van der Waals surface area contributed by atoms with Crippen LogP contribution in [0.15, 0.2) is 18.3 Å². The van der Waals surface area contributed by atoms with E-state index in [1.165, 1.54) is 5.56 Å². The molecule has 2 aliphatic rings. The summed E-state index contributed by atoms with van der Waals surface area (Å²) in [7, 11) is 0. The molecule has 3 rings (SSSR count). The highest BCUT2D eigenvalue weighted by atomic mass is 35.5. The van der Waals surface area contributed by atoms with Gasteiger partial charge < -0.3 is 5.32 Å². The number of nitrogens with one attached hydrogen (secondary N) is 1. The quantitative estimate of drug-likeness (QED) is 0.744. The Balaban J connectivity index is 1.83. The van der Waals surface area contributed by atoms with Crippen molar-refractivity contribution in [3.05, 3.63) is 29.0 Å². The summed E-state index contributed by atoms with van der Waals surface area (Å²) in [6.07, 6.45) is 2.67. The van der Waals surface area contributed by atoms with Crippen LogP contribution in [0.3, 0.4) is 0 Å². The Morgan fingerprint density at radius 2 is 2.20 bits per heavy atom. The van der Waals surface area contributed by atoms with Crippen LogP contribution in [0, 0.1) is 0 Å². The van der Waals surface area contributed by atoms with Gasteiger partial charge in [0.2, 0.25) is 0 Å². The minimum Gasteiger partial charge on any atom is -0.308 e. The third-order valence-corrected chi connectivity index (χ3v) is 3.74. The van der Waals surface area contributed by atoms with Gasteiger partial charge in [-0.1, -0.05) is 17.7 Å². The standard InChI is InChI=1S/C11H12ClFN2/c12-11-2-1-6(5-14-11)7-3-10-8(13)4-9(7)15-10/h1-2,5,7-10,15H,3-4H2/t7-,8+,9-,10-/m1/s1. The SMILES string of the molecule is F[C@H]1C[C@H]2N[C@@H]1C[C@@H]2c1ccc(Cl)nc1. The molecule has 2 bridgehead atoms. The predicted molar refractivity (Wildman–Crippen MR) is 56.8 cm³/mol. The molecule has 0 amide bonds. The summed E-state index contributed by atoms with van der Waals surface area (Å²) in [5.74, 6) is 0.409. The lowest BCUT2D eigenvalue weighted by Gasteiger charge is -2.22. The van der Waals surface area contributed by atoms with Gasteiger partial charge in [0.25, 0.3) is 0 Å². The number of fused-ring (bicyclic) bond motifs is 2. The van der Waals surface area contributed by atoms with Gasteiger partial charge in [0.05, 0.1) is 0 Å². The molecule has 2 saturated heterocycles. The first-order chi connectivity index (χ1) is 7.24. The van der Waals surface area contributed by atoms with Crippen molar-refractivity contribution >= 4 is 11.6 Å². The molecular weight excluding hydrogens is 215 g/mol. The van der Waals surface area contributed by atoms with E-state index in [-0.39, 0.29) is 12.1 Å². The molecule has 4 atom stereocenters. The highest BCUT2D eigenvalue weighted by Crippen LogP contribution is 2.41. The van der Waals surface area contributed by atoms with E-state index < -0.39 is 6.17 Å². The lowest BCUT2D eigenvalue weighted by Crippen LogP contribution is -2.23. The Bertz CT molecular complexity index is 365. The van der Waals surface area contributed by atoms with Crippen molar-refractivity contribution in [2.75, 3.05) is 0 Å². The maximum atomic E-state index is 13.3. The number of rotatable bonds is 1. The zero-order valence-corrected chi connectivity index (χ0v) is 8.91. The van der Waals surface area contributed by atoms with E-state index >= 15 is 0 Å². The molecule has 2 nitrogen and oxygen atoms in total. The van der Waals surface area contributed by atoms with Crippen LogP contribution in [0.2, 0.25) is 5.15 Å². The van der Waals surface area contributed by atoms with Crippen LogP contribution in [0.5, 0.6) is 0 Å². The van der Waals surface area contributed by atoms with Gasteiger partial charge in [0, 0.05) is 24.2 Å². The molecule has 1 N–H and O–H groups in total. The Morgan fingerprint density at radius 3 is 2.73 bits per heavy atom. The molecule has 2 fully saturated rings. The van der Waals surface area contributed by atoms with Crippen LogP contribution in [0.25, 0.3) is 0 Å². The van der Waals surface area contributed by atoms with Crippen LogP contribution in [-0.2, 0) is 0 Å². The summed E-state index contributed by atoms with van der Waals surface area (Å²) in [5, 5.41) is 3.82. The molecule has 0 radical (unpaired) electrons. The van der Waals surface area contributed by atoms with Gasteiger partial charge in [-0.15, -0.1) is 0 Å². The lowest BCUT2D eigenvalue weighted by atomic mass is 9.84. The molecule has 0 aliphatic carbocycles. The highest BCUT2D eigenvalue weighted by Gasteiger charge is 2.46. The molecule has 80 valence electrons. The van der Waals surface area contributed by atoms with Crippen LogP contribution in [0.1, 0.15) is 24.3 Å². The second kappa shape index (κ2) is 3.42. The van der Waals surface area contributed by atoms with Crippen LogP contribution in [-0.4, -0.2) is 23.2 Å². The third-order valence-electron chi connectivity index (χ3n) is 3.52. The summed E-state index contributed by atoms with van der Waals surface area (Å²) < 4.78 is 13.3. The number of hydrogen-bond acceptors (Lipinski definition) is 2. The van der Waals surface area contributed by atoms with Crippen molar-refractivity contribution in [1.82, 2.24) is 10.3 Å². The minimum absolute atomic E-state index is 0.0516. The maximum absolute atomic E-state index is 13.3. The molecule has 0 saturated carbocycles. The van der Waals surface area contributed by atoms with E-state index in [9.17, 15) is 4.39 Å². The predicted octanol–water partition coefficient (Wildman–Crippen LogP) is 2.29. The van der Waals surface area contributed by atoms with Crippen molar-refractivity contribution in [3.63, 3.8) is 0 Å². The largest absolute Gasteiger partial charge is 0.308 e. The van der Waals surface area contributed by atoms with Crippen molar-refractivity contribution in [3.8, 4) is 0 Å². The third kappa shape index (κ3) is 1.54. The van der Waals surface area contributed by atoms with Gasteiger partial charge in [-0.05, 0) is 24.5 Å². The van der Waals surface area contributed by atoms with Gasteiger partial charge in [-0.2, -0.15) is 0 Å². The highest BCUT2D eigenvalue weighted by molar-refractivity contribution is 6.29. The first-order valence-electron chi connectivity index (χ1n) is 5.25. The Labute approximate surface area is 92.8 Å². The van der Waals surface area contributed by atoms with E-state index in [1.807, 2.05) is 12.3 Å². The monoisotopic (exact) mass is 226 g/mol.